The Bertz CT molecular complexity index is 1280. The van der Waals surface area contributed by atoms with Crippen LogP contribution in [0.15, 0.2) is 66.3 Å². The molecule has 1 saturated carbocycles. The quantitative estimate of drug-likeness (QED) is 0.734. The number of rotatable bonds is 3. The van der Waals surface area contributed by atoms with Gasteiger partial charge in [-0.2, -0.15) is 5.10 Å². The van der Waals surface area contributed by atoms with Gasteiger partial charge in [0.15, 0.2) is 0 Å². The summed E-state index contributed by atoms with van der Waals surface area (Å²) in [5.41, 5.74) is 6.31. The fraction of sp³-hybridized carbons (Fsp3) is 0.346. The van der Waals surface area contributed by atoms with Gasteiger partial charge in [0.2, 0.25) is 0 Å². The van der Waals surface area contributed by atoms with Gasteiger partial charge < -0.3 is 4.90 Å². The van der Waals surface area contributed by atoms with Gasteiger partial charge in [0.05, 0.1) is 34.5 Å². The smallest absolute Gasteiger partial charge is 0.255 e. The first-order chi connectivity index (χ1) is 16.0. The van der Waals surface area contributed by atoms with E-state index in [1.165, 1.54) is 12.8 Å². The summed E-state index contributed by atoms with van der Waals surface area (Å²) in [4.78, 5) is 24.6. The maximum atomic E-state index is 13.3. The second-order valence-electron chi connectivity index (χ2n) is 9.23. The first-order valence-corrected chi connectivity index (χ1v) is 11.7. The molecule has 3 aliphatic heterocycles. The summed E-state index contributed by atoms with van der Waals surface area (Å²) in [7, 11) is 0. The SMILES string of the molecule is Cc1cn2nc(C3=CC(=O)N4C=C(N5CCN(C6CC6)CC5)C=C/C4=C\C=C3)cc2c(C)n1. The third-order valence-corrected chi connectivity index (χ3v) is 6.82. The molecule has 6 rings (SSSR count). The number of allylic oxidation sites excluding steroid dienone is 6. The zero-order valence-electron chi connectivity index (χ0n) is 19.1. The number of fused-ring (bicyclic) bond motifs is 2. The van der Waals surface area contributed by atoms with Crippen molar-refractivity contribution < 1.29 is 4.79 Å². The summed E-state index contributed by atoms with van der Waals surface area (Å²) in [5, 5.41) is 4.71. The minimum atomic E-state index is -0.0675. The minimum absolute atomic E-state index is 0.0675. The molecule has 168 valence electrons. The predicted octanol–water partition coefficient (Wildman–Crippen LogP) is 3.20. The van der Waals surface area contributed by atoms with Gasteiger partial charge in [0, 0.05) is 55.8 Å². The molecule has 0 spiro atoms. The molecule has 5 heterocycles. The summed E-state index contributed by atoms with van der Waals surface area (Å²) in [6, 6.07) is 2.81. The standard InChI is InChI=1S/C26H28N6O/c1-18-16-32-25(19(2)27-18)15-24(28-32)20-4-3-5-22-8-9-23(17-31(22)26(33)14-20)30-12-10-29(11-13-30)21-6-7-21/h3-5,8-9,14-17,21H,6-7,10-13H2,1-2H3/b4-3?,20-14?,22-5+. The molecule has 1 amide bonds. The van der Waals surface area contributed by atoms with E-state index in [9.17, 15) is 4.79 Å². The van der Waals surface area contributed by atoms with Crippen LogP contribution in [0.5, 0.6) is 0 Å². The number of hydrogen-bond acceptors (Lipinski definition) is 5. The molecule has 2 fully saturated rings. The highest BCUT2D eigenvalue weighted by atomic mass is 16.2. The Morgan fingerprint density at radius 2 is 1.79 bits per heavy atom. The number of amides is 1. The van der Waals surface area contributed by atoms with Crippen molar-refractivity contribution in [1.29, 1.82) is 0 Å². The third kappa shape index (κ3) is 3.82. The number of hydrogen-bond donors (Lipinski definition) is 0. The molecule has 0 unspecified atom stereocenters. The molecule has 0 radical (unpaired) electrons. The normalized spacial score (nSPS) is 23.1. The van der Waals surface area contributed by atoms with Gasteiger partial charge >= 0.3 is 0 Å². The van der Waals surface area contributed by atoms with E-state index in [1.807, 2.05) is 61.1 Å². The second kappa shape index (κ2) is 7.85. The van der Waals surface area contributed by atoms with Gasteiger partial charge in [-0.25, -0.2) is 4.52 Å². The van der Waals surface area contributed by atoms with Gasteiger partial charge in [-0.05, 0) is 51.0 Å². The van der Waals surface area contributed by atoms with Crippen LogP contribution < -0.4 is 0 Å². The Morgan fingerprint density at radius 3 is 2.58 bits per heavy atom. The first kappa shape index (κ1) is 20.2. The molecule has 7 nitrogen and oxygen atoms in total. The largest absolute Gasteiger partial charge is 0.368 e. The number of carbonyl (C=O) groups is 1. The van der Waals surface area contributed by atoms with Crippen LogP contribution in [0.2, 0.25) is 0 Å². The van der Waals surface area contributed by atoms with Crippen LogP contribution in [-0.4, -0.2) is 67.4 Å². The van der Waals surface area contributed by atoms with E-state index >= 15 is 0 Å². The number of carbonyl (C=O) groups excluding carboxylic acids is 1. The number of aryl methyl sites for hydroxylation is 2. The maximum Gasteiger partial charge on any atom is 0.255 e. The number of aromatic nitrogens is 3. The minimum Gasteiger partial charge on any atom is -0.368 e. The van der Waals surface area contributed by atoms with E-state index in [0.717, 1.165) is 71.8 Å². The average Bonchev–Trinajstić information content (AvgIpc) is 3.56. The topological polar surface area (TPSA) is 57.0 Å². The average molecular weight is 441 g/mol. The first-order valence-electron chi connectivity index (χ1n) is 11.7. The molecular weight excluding hydrogens is 412 g/mol. The Labute approximate surface area is 193 Å². The lowest BCUT2D eigenvalue weighted by Crippen LogP contribution is -2.47. The van der Waals surface area contributed by atoms with Crippen LogP contribution in [0.3, 0.4) is 0 Å². The van der Waals surface area contributed by atoms with Crippen LogP contribution in [0.25, 0.3) is 11.1 Å². The highest BCUT2D eigenvalue weighted by molar-refractivity contribution is 5.99. The van der Waals surface area contributed by atoms with Crippen molar-refractivity contribution >= 4 is 17.0 Å². The molecule has 0 N–H and O–H groups in total. The molecule has 2 aromatic heterocycles. The third-order valence-electron chi connectivity index (χ3n) is 6.82. The van der Waals surface area contributed by atoms with E-state index in [4.69, 9.17) is 5.10 Å². The fourth-order valence-electron chi connectivity index (χ4n) is 4.89. The van der Waals surface area contributed by atoms with Crippen molar-refractivity contribution in [3.05, 3.63) is 83.4 Å². The van der Waals surface area contributed by atoms with Crippen LogP contribution in [-0.2, 0) is 4.79 Å². The van der Waals surface area contributed by atoms with Crippen molar-refractivity contribution in [2.24, 2.45) is 0 Å². The monoisotopic (exact) mass is 440 g/mol. The Morgan fingerprint density at radius 1 is 1.00 bits per heavy atom. The molecule has 2 aromatic rings. The van der Waals surface area contributed by atoms with Crippen LogP contribution in [0.4, 0.5) is 0 Å². The Kier molecular flexibility index (Phi) is 4.80. The second-order valence-corrected chi connectivity index (χ2v) is 9.23. The lowest BCUT2D eigenvalue weighted by atomic mass is 10.1. The fourth-order valence-corrected chi connectivity index (χ4v) is 4.89. The van der Waals surface area contributed by atoms with Crippen molar-refractivity contribution in [2.75, 3.05) is 26.2 Å². The van der Waals surface area contributed by atoms with Crippen molar-refractivity contribution in [3.63, 3.8) is 0 Å². The highest BCUT2D eigenvalue weighted by Gasteiger charge is 2.32. The molecule has 7 heteroatoms. The Balaban J connectivity index is 1.27. The lowest BCUT2D eigenvalue weighted by Gasteiger charge is -2.38. The van der Waals surface area contributed by atoms with E-state index < -0.39 is 0 Å². The summed E-state index contributed by atoms with van der Waals surface area (Å²) in [5.74, 6) is -0.0675. The highest BCUT2D eigenvalue weighted by Crippen LogP contribution is 2.29. The van der Waals surface area contributed by atoms with Crippen LogP contribution in [0, 0.1) is 13.8 Å². The summed E-state index contributed by atoms with van der Waals surface area (Å²) >= 11 is 0. The van der Waals surface area contributed by atoms with Crippen LogP contribution >= 0.6 is 0 Å². The molecule has 33 heavy (non-hydrogen) atoms. The lowest BCUT2D eigenvalue weighted by molar-refractivity contribution is -0.122. The number of piperazine rings is 1. The molecule has 0 aromatic carbocycles. The van der Waals surface area contributed by atoms with Crippen molar-refractivity contribution in [1.82, 2.24) is 29.3 Å². The van der Waals surface area contributed by atoms with E-state index in [0.29, 0.717) is 0 Å². The maximum absolute atomic E-state index is 13.3. The van der Waals surface area contributed by atoms with Gasteiger partial charge in [-0.15, -0.1) is 0 Å². The zero-order valence-corrected chi connectivity index (χ0v) is 19.1. The zero-order chi connectivity index (χ0) is 22.5. The molecule has 4 aliphatic rings. The molecular formula is C26H28N6O. The van der Waals surface area contributed by atoms with Crippen LogP contribution in [0.1, 0.15) is 29.9 Å². The number of nitrogens with zero attached hydrogens (tertiary/aromatic N) is 6. The van der Waals surface area contributed by atoms with Crippen molar-refractivity contribution in [2.45, 2.75) is 32.7 Å². The van der Waals surface area contributed by atoms with Crippen molar-refractivity contribution in [3.8, 4) is 0 Å². The summed E-state index contributed by atoms with van der Waals surface area (Å²) < 4.78 is 1.84. The summed E-state index contributed by atoms with van der Waals surface area (Å²) in [6.07, 6.45) is 18.3. The van der Waals surface area contributed by atoms with E-state index in [2.05, 4.69) is 20.9 Å². The van der Waals surface area contributed by atoms with Gasteiger partial charge in [0.25, 0.3) is 5.91 Å². The predicted molar refractivity (Wildman–Crippen MR) is 128 cm³/mol. The van der Waals surface area contributed by atoms with E-state index in [-0.39, 0.29) is 5.91 Å². The molecule has 0 bridgehead atoms. The van der Waals surface area contributed by atoms with Gasteiger partial charge in [-0.3, -0.25) is 19.6 Å². The summed E-state index contributed by atoms with van der Waals surface area (Å²) in [6.45, 7) is 8.14. The molecule has 0 atom stereocenters. The molecule has 1 saturated heterocycles. The van der Waals surface area contributed by atoms with E-state index in [1.54, 1.807) is 11.0 Å². The Hall–Kier alpha value is -3.45. The molecule has 1 aliphatic carbocycles. The van der Waals surface area contributed by atoms with Gasteiger partial charge in [0.1, 0.15) is 0 Å². The van der Waals surface area contributed by atoms with Gasteiger partial charge in [-0.1, -0.05) is 12.2 Å².